The van der Waals surface area contributed by atoms with E-state index in [1.165, 1.54) is 32.4 Å². The smallest absolute Gasteiger partial charge is 0.0611 e. The van der Waals surface area contributed by atoms with E-state index in [0.717, 1.165) is 13.0 Å². The van der Waals surface area contributed by atoms with Crippen molar-refractivity contribution in [2.24, 2.45) is 5.41 Å². The molecule has 0 spiro atoms. The predicted molar refractivity (Wildman–Crippen MR) is 82.5 cm³/mol. The summed E-state index contributed by atoms with van der Waals surface area (Å²) in [6.07, 6.45) is 4.93. The summed E-state index contributed by atoms with van der Waals surface area (Å²) in [6.45, 7) is 14.8. The van der Waals surface area contributed by atoms with E-state index < -0.39 is 0 Å². The molecule has 2 atom stereocenters. The third-order valence-electron chi connectivity index (χ3n) is 4.70. The van der Waals surface area contributed by atoms with Gasteiger partial charge in [0.1, 0.15) is 0 Å². The maximum absolute atomic E-state index is 9.62. The minimum atomic E-state index is -0.143. The molecule has 3 heteroatoms. The fourth-order valence-corrected chi connectivity index (χ4v) is 3.29. The van der Waals surface area contributed by atoms with E-state index in [9.17, 15) is 5.11 Å². The van der Waals surface area contributed by atoms with Gasteiger partial charge in [-0.3, -0.25) is 0 Å². The van der Waals surface area contributed by atoms with Gasteiger partial charge in [-0.2, -0.15) is 0 Å². The molecule has 0 amide bonds. The molecule has 114 valence electrons. The Morgan fingerprint density at radius 2 is 2.00 bits per heavy atom. The second-order valence-electron chi connectivity index (χ2n) is 7.36. The number of nitrogens with one attached hydrogen (secondary N) is 1. The van der Waals surface area contributed by atoms with Crippen LogP contribution in [0, 0.1) is 5.41 Å². The summed E-state index contributed by atoms with van der Waals surface area (Å²) >= 11 is 0. The summed E-state index contributed by atoms with van der Waals surface area (Å²) < 4.78 is 0. The summed E-state index contributed by atoms with van der Waals surface area (Å²) in [6, 6.07) is 0.532. The Labute approximate surface area is 119 Å². The van der Waals surface area contributed by atoms with E-state index in [-0.39, 0.29) is 12.1 Å². The largest absolute Gasteiger partial charge is 0.394 e. The Kier molecular flexibility index (Phi) is 6.28. The van der Waals surface area contributed by atoms with Gasteiger partial charge in [0.25, 0.3) is 0 Å². The number of rotatable bonds is 6. The zero-order valence-corrected chi connectivity index (χ0v) is 13.6. The van der Waals surface area contributed by atoms with Gasteiger partial charge in [-0.1, -0.05) is 20.8 Å². The quantitative estimate of drug-likeness (QED) is 0.779. The van der Waals surface area contributed by atoms with E-state index in [4.69, 9.17) is 0 Å². The van der Waals surface area contributed by atoms with Crippen molar-refractivity contribution in [2.75, 3.05) is 26.2 Å². The Bertz CT molecular complexity index is 267. The SMILES string of the molecule is CCNC(C)(CO)CC(C)N1CCCC(C)(C)CC1. The van der Waals surface area contributed by atoms with Crippen LogP contribution >= 0.6 is 0 Å². The molecule has 0 aromatic heterocycles. The fourth-order valence-electron chi connectivity index (χ4n) is 3.29. The molecule has 0 radical (unpaired) electrons. The van der Waals surface area contributed by atoms with E-state index >= 15 is 0 Å². The molecule has 0 aromatic rings. The van der Waals surface area contributed by atoms with Crippen LogP contribution in [0.1, 0.15) is 60.3 Å². The normalized spacial score (nSPS) is 25.6. The van der Waals surface area contributed by atoms with Crippen molar-refractivity contribution in [1.82, 2.24) is 10.2 Å². The minimum absolute atomic E-state index is 0.143. The van der Waals surface area contributed by atoms with Gasteiger partial charge in [0.05, 0.1) is 6.61 Å². The Morgan fingerprint density at radius 3 is 2.58 bits per heavy atom. The molecule has 1 aliphatic heterocycles. The van der Waals surface area contributed by atoms with Gasteiger partial charge in [-0.05, 0) is 64.6 Å². The zero-order valence-electron chi connectivity index (χ0n) is 13.6. The van der Waals surface area contributed by atoms with Gasteiger partial charge < -0.3 is 15.3 Å². The lowest BCUT2D eigenvalue weighted by atomic mass is 9.85. The first-order chi connectivity index (χ1) is 8.82. The number of aliphatic hydroxyl groups is 1. The number of hydrogen-bond donors (Lipinski definition) is 2. The van der Waals surface area contributed by atoms with Crippen LogP contribution in [-0.2, 0) is 0 Å². The first-order valence-corrected chi connectivity index (χ1v) is 7.92. The van der Waals surface area contributed by atoms with Crippen LogP contribution in [0.15, 0.2) is 0 Å². The molecular formula is C16H34N2O. The molecule has 2 N–H and O–H groups in total. The molecule has 1 aliphatic rings. The second kappa shape index (κ2) is 7.05. The highest BCUT2D eigenvalue weighted by Gasteiger charge is 2.30. The molecule has 1 saturated heterocycles. The molecule has 0 aromatic carbocycles. The van der Waals surface area contributed by atoms with E-state index in [0.29, 0.717) is 11.5 Å². The van der Waals surface area contributed by atoms with Crippen molar-refractivity contribution in [3.05, 3.63) is 0 Å². The Balaban J connectivity index is 2.55. The molecule has 19 heavy (non-hydrogen) atoms. The molecule has 0 saturated carbocycles. The Hall–Kier alpha value is -0.120. The van der Waals surface area contributed by atoms with Crippen LogP contribution in [0.5, 0.6) is 0 Å². The van der Waals surface area contributed by atoms with Gasteiger partial charge in [0, 0.05) is 11.6 Å². The van der Waals surface area contributed by atoms with Gasteiger partial charge in [-0.15, -0.1) is 0 Å². The van der Waals surface area contributed by atoms with Crippen molar-refractivity contribution in [1.29, 1.82) is 0 Å². The highest BCUT2D eigenvalue weighted by Crippen LogP contribution is 2.31. The fraction of sp³-hybridized carbons (Fsp3) is 1.00. The van der Waals surface area contributed by atoms with Crippen molar-refractivity contribution >= 4 is 0 Å². The summed E-state index contributed by atoms with van der Waals surface area (Å²) in [5, 5.41) is 13.1. The summed E-state index contributed by atoms with van der Waals surface area (Å²) in [5.74, 6) is 0. The topological polar surface area (TPSA) is 35.5 Å². The predicted octanol–water partition coefficient (Wildman–Crippen LogP) is 2.64. The zero-order chi connectivity index (χ0) is 14.5. The second-order valence-corrected chi connectivity index (χ2v) is 7.36. The molecule has 2 unspecified atom stereocenters. The maximum Gasteiger partial charge on any atom is 0.0611 e. The van der Waals surface area contributed by atoms with Crippen molar-refractivity contribution in [3.63, 3.8) is 0 Å². The summed E-state index contributed by atoms with van der Waals surface area (Å²) in [4.78, 5) is 2.61. The molecule has 0 aliphatic carbocycles. The monoisotopic (exact) mass is 270 g/mol. The van der Waals surface area contributed by atoms with Crippen LogP contribution in [-0.4, -0.2) is 47.8 Å². The lowest BCUT2D eigenvalue weighted by molar-refractivity contribution is 0.115. The number of aliphatic hydroxyl groups excluding tert-OH is 1. The standard InChI is InChI=1S/C16H34N2O/c1-6-17-16(5,13-19)12-14(2)18-10-7-8-15(3,4)9-11-18/h14,17,19H,6-13H2,1-5H3. The van der Waals surface area contributed by atoms with Gasteiger partial charge in [0.15, 0.2) is 0 Å². The highest BCUT2D eigenvalue weighted by atomic mass is 16.3. The molecular weight excluding hydrogens is 236 g/mol. The number of hydrogen-bond acceptors (Lipinski definition) is 3. The van der Waals surface area contributed by atoms with Crippen LogP contribution in [0.2, 0.25) is 0 Å². The van der Waals surface area contributed by atoms with Gasteiger partial charge >= 0.3 is 0 Å². The summed E-state index contributed by atoms with van der Waals surface area (Å²) in [5.41, 5.74) is 0.354. The van der Waals surface area contributed by atoms with Crippen LogP contribution in [0.25, 0.3) is 0 Å². The van der Waals surface area contributed by atoms with Gasteiger partial charge in [-0.25, -0.2) is 0 Å². The van der Waals surface area contributed by atoms with Crippen LogP contribution in [0.3, 0.4) is 0 Å². The van der Waals surface area contributed by atoms with E-state index in [1.807, 2.05) is 0 Å². The number of nitrogens with zero attached hydrogens (tertiary/aromatic N) is 1. The first-order valence-electron chi connectivity index (χ1n) is 7.92. The lowest BCUT2D eigenvalue weighted by Crippen LogP contribution is -2.50. The summed E-state index contributed by atoms with van der Waals surface area (Å²) in [7, 11) is 0. The molecule has 3 nitrogen and oxygen atoms in total. The van der Waals surface area contributed by atoms with Gasteiger partial charge in [0.2, 0.25) is 0 Å². The van der Waals surface area contributed by atoms with Crippen molar-refractivity contribution in [3.8, 4) is 0 Å². The Morgan fingerprint density at radius 1 is 1.32 bits per heavy atom. The molecule has 1 fully saturated rings. The maximum atomic E-state index is 9.62. The lowest BCUT2D eigenvalue weighted by Gasteiger charge is -2.36. The minimum Gasteiger partial charge on any atom is -0.394 e. The molecule has 1 rings (SSSR count). The van der Waals surface area contributed by atoms with Crippen molar-refractivity contribution < 1.29 is 5.11 Å². The van der Waals surface area contributed by atoms with E-state index in [2.05, 4.69) is 44.8 Å². The number of likely N-dealkylation sites (tertiary alicyclic amines) is 1. The number of likely N-dealkylation sites (N-methyl/N-ethyl adjacent to an activating group) is 1. The first kappa shape index (κ1) is 16.9. The highest BCUT2D eigenvalue weighted by molar-refractivity contribution is 4.88. The average Bonchev–Trinajstić information content (AvgIpc) is 2.50. The third-order valence-corrected chi connectivity index (χ3v) is 4.70. The average molecular weight is 270 g/mol. The van der Waals surface area contributed by atoms with Crippen molar-refractivity contribution in [2.45, 2.75) is 71.9 Å². The van der Waals surface area contributed by atoms with Crippen LogP contribution < -0.4 is 5.32 Å². The molecule has 0 bridgehead atoms. The third kappa shape index (κ3) is 5.41. The van der Waals surface area contributed by atoms with Crippen LogP contribution in [0.4, 0.5) is 0 Å². The molecule has 1 heterocycles. The van der Waals surface area contributed by atoms with E-state index in [1.54, 1.807) is 0 Å².